The standard InChI is InChI=1S/C39H74NO8P/c1-3-5-7-9-11-13-15-17-18-20-22-24-26-28-30-32-39(42)48-37(36-47-49(43,44)46-34-33-40)35-45-38(41)31-29-27-25-23-21-19-16-14-12-10-8-6-4-2/h11,13,17-18,37H,3-10,12,14-16,19-36,40H2,1-2H3,(H,43,44)/p-1/b13-11-,18-17-/t37-/m1/s1. The molecular weight excluding hydrogens is 641 g/mol. The highest BCUT2D eigenvalue weighted by atomic mass is 31.2. The van der Waals surface area contributed by atoms with E-state index in [1.807, 2.05) is 0 Å². The first-order chi connectivity index (χ1) is 23.8. The Labute approximate surface area is 300 Å². The Kier molecular flexibility index (Phi) is 35.2. The predicted octanol–water partition coefficient (Wildman–Crippen LogP) is 10.2. The molecular formula is C39H73NO8P-. The molecule has 1 unspecified atom stereocenters. The molecule has 0 aromatic carbocycles. The number of carbonyl (C=O) groups excluding carboxylic acids is 2. The first-order valence-electron chi connectivity index (χ1n) is 19.8. The molecule has 0 amide bonds. The average Bonchev–Trinajstić information content (AvgIpc) is 3.08. The Balaban J connectivity index is 4.22. The third kappa shape index (κ3) is 36.1. The highest BCUT2D eigenvalue weighted by molar-refractivity contribution is 7.45. The highest BCUT2D eigenvalue weighted by Gasteiger charge is 2.21. The maximum Gasteiger partial charge on any atom is 0.306 e. The smallest absolute Gasteiger partial charge is 0.306 e. The van der Waals surface area contributed by atoms with Gasteiger partial charge in [-0.25, -0.2) is 0 Å². The lowest BCUT2D eigenvalue weighted by Gasteiger charge is -2.25. The van der Waals surface area contributed by atoms with Crippen LogP contribution in [0.3, 0.4) is 0 Å². The summed E-state index contributed by atoms with van der Waals surface area (Å²) >= 11 is 0. The van der Waals surface area contributed by atoms with Gasteiger partial charge in [-0.15, -0.1) is 0 Å². The molecule has 2 N–H and O–H groups in total. The number of nitrogens with two attached hydrogens (primary N) is 1. The number of rotatable bonds is 37. The van der Waals surface area contributed by atoms with E-state index in [4.69, 9.17) is 19.7 Å². The lowest BCUT2D eigenvalue weighted by molar-refractivity contribution is -0.228. The molecule has 0 bridgehead atoms. The van der Waals surface area contributed by atoms with Crippen LogP contribution < -0.4 is 10.6 Å². The molecule has 0 aliphatic rings. The van der Waals surface area contributed by atoms with Crippen molar-refractivity contribution in [1.29, 1.82) is 0 Å². The lowest BCUT2D eigenvalue weighted by Crippen LogP contribution is -2.30. The van der Waals surface area contributed by atoms with Gasteiger partial charge in [-0.2, -0.15) is 0 Å². The van der Waals surface area contributed by atoms with Gasteiger partial charge in [0, 0.05) is 19.4 Å². The van der Waals surface area contributed by atoms with Crippen LogP contribution in [0.1, 0.15) is 181 Å². The van der Waals surface area contributed by atoms with Crippen molar-refractivity contribution < 1.29 is 37.6 Å². The summed E-state index contributed by atoms with van der Waals surface area (Å²) in [6.07, 6.45) is 36.1. The molecule has 0 spiro atoms. The third-order valence-electron chi connectivity index (χ3n) is 8.33. The normalized spacial score (nSPS) is 13.6. The van der Waals surface area contributed by atoms with E-state index in [0.717, 1.165) is 57.8 Å². The molecule has 0 aromatic rings. The number of hydrogen-bond acceptors (Lipinski definition) is 9. The third-order valence-corrected chi connectivity index (χ3v) is 9.29. The van der Waals surface area contributed by atoms with E-state index in [0.29, 0.717) is 6.42 Å². The van der Waals surface area contributed by atoms with Crippen LogP contribution in [0.4, 0.5) is 0 Å². The Morgan fingerprint density at radius 2 is 1.06 bits per heavy atom. The molecule has 0 radical (unpaired) electrons. The van der Waals surface area contributed by atoms with Crippen LogP contribution in [-0.2, 0) is 32.7 Å². The maximum absolute atomic E-state index is 12.5. The fourth-order valence-electron chi connectivity index (χ4n) is 5.36. The molecule has 0 fully saturated rings. The molecule has 0 aliphatic carbocycles. The van der Waals surface area contributed by atoms with Gasteiger partial charge in [-0.1, -0.05) is 147 Å². The number of phosphoric ester groups is 1. The topological polar surface area (TPSA) is 137 Å². The van der Waals surface area contributed by atoms with Crippen molar-refractivity contribution in [3.05, 3.63) is 24.3 Å². The minimum Gasteiger partial charge on any atom is -0.756 e. The second-order valence-corrected chi connectivity index (χ2v) is 14.5. The molecule has 9 nitrogen and oxygen atoms in total. The SMILES string of the molecule is CCCCC/C=C\C/C=C\CCCCCCCC(=O)O[C@H](COC(=O)CCCCCCCCCCCCCCC)COP(=O)([O-])OCCN. The molecule has 0 saturated carbocycles. The van der Waals surface area contributed by atoms with E-state index in [9.17, 15) is 19.0 Å². The minimum absolute atomic E-state index is 0.0123. The van der Waals surface area contributed by atoms with Crippen LogP contribution in [0.5, 0.6) is 0 Å². The fourth-order valence-corrected chi connectivity index (χ4v) is 6.12. The number of ether oxygens (including phenoxy) is 2. The molecule has 0 aliphatic heterocycles. The van der Waals surface area contributed by atoms with E-state index < -0.39 is 32.5 Å². The summed E-state index contributed by atoms with van der Waals surface area (Å²) in [5, 5.41) is 0. The van der Waals surface area contributed by atoms with Gasteiger partial charge in [0.1, 0.15) is 6.61 Å². The molecule has 288 valence electrons. The monoisotopic (exact) mass is 715 g/mol. The van der Waals surface area contributed by atoms with Gasteiger partial charge in [0.25, 0.3) is 7.82 Å². The second-order valence-electron chi connectivity index (χ2n) is 13.1. The van der Waals surface area contributed by atoms with Crippen molar-refractivity contribution in [2.24, 2.45) is 5.73 Å². The zero-order valence-corrected chi connectivity index (χ0v) is 32.3. The number of phosphoric acid groups is 1. The molecule has 10 heteroatoms. The number of hydrogen-bond donors (Lipinski definition) is 1. The molecule has 0 heterocycles. The van der Waals surface area contributed by atoms with Crippen molar-refractivity contribution >= 4 is 19.8 Å². The summed E-state index contributed by atoms with van der Waals surface area (Å²) in [7, 11) is -4.62. The Hall–Kier alpha value is -1.51. The quantitative estimate of drug-likeness (QED) is 0.0288. The van der Waals surface area contributed by atoms with E-state index in [-0.39, 0.29) is 32.6 Å². The summed E-state index contributed by atoms with van der Waals surface area (Å²) in [4.78, 5) is 36.8. The zero-order valence-electron chi connectivity index (χ0n) is 31.4. The van der Waals surface area contributed by atoms with Crippen molar-refractivity contribution in [2.45, 2.75) is 187 Å². The summed E-state index contributed by atoms with van der Waals surface area (Å²) in [6.45, 7) is 3.49. The molecule has 0 rings (SSSR count). The Bertz CT molecular complexity index is 866. The van der Waals surface area contributed by atoms with Gasteiger partial charge in [0.15, 0.2) is 6.10 Å². The van der Waals surface area contributed by atoms with Crippen molar-refractivity contribution in [3.63, 3.8) is 0 Å². The number of carbonyl (C=O) groups is 2. The van der Waals surface area contributed by atoms with E-state index in [1.54, 1.807) is 0 Å². The van der Waals surface area contributed by atoms with E-state index >= 15 is 0 Å². The predicted molar refractivity (Wildman–Crippen MR) is 199 cm³/mol. The summed E-state index contributed by atoms with van der Waals surface area (Å²) in [6, 6.07) is 0. The summed E-state index contributed by atoms with van der Waals surface area (Å²) < 4.78 is 32.3. The maximum atomic E-state index is 12.5. The molecule has 0 aromatic heterocycles. The number of esters is 2. The summed E-state index contributed by atoms with van der Waals surface area (Å²) in [5.41, 5.74) is 5.30. The average molecular weight is 715 g/mol. The fraction of sp³-hybridized carbons (Fsp3) is 0.846. The molecule has 2 atom stereocenters. The van der Waals surface area contributed by atoms with Crippen LogP contribution in [-0.4, -0.2) is 44.4 Å². The van der Waals surface area contributed by atoms with Gasteiger partial charge in [-0.3, -0.25) is 14.2 Å². The molecule has 49 heavy (non-hydrogen) atoms. The van der Waals surface area contributed by atoms with Gasteiger partial charge in [-0.05, 0) is 44.9 Å². The first kappa shape index (κ1) is 47.5. The minimum atomic E-state index is -4.62. The summed E-state index contributed by atoms with van der Waals surface area (Å²) in [5.74, 6) is -0.877. The van der Waals surface area contributed by atoms with Gasteiger partial charge in [0.2, 0.25) is 0 Å². The van der Waals surface area contributed by atoms with Crippen LogP contribution in [0, 0.1) is 0 Å². The largest absolute Gasteiger partial charge is 0.756 e. The first-order valence-corrected chi connectivity index (χ1v) is 21.3. The highest BCUT2D eigenvalue weighted by Crippen LogP contribution is 2.38. The van der Waals surface area contributed by atoms with Crippen molar-refractivity contribution in [2.75, 3.05) is 26.4 Å². The van der Waals surface area contributed by atoms with Gasteiger partial charge < -0.3 is 29.1 Å². The van der Waals surface area contributed by atoms with Gasteiger partial charge >= 0.3 is 11.9 Å². The Morgan fingerprint density at radius 1 is 0.612 bits per heavy atom. The zero-order chi connectivity index (χ0) is 36.1. The van der Waals surface area contributed by atoms with Gasteiger partial charge in [0.05, 0.1) is 13.2 Å². The van der Waals surface area contributed by atoms with Crippen LogP contribution in [0.25, 0.3) is 0 Å². The number of allylic oxidation sites excluding steroid dienone is 4. The van der Waals surface area contributed by atoms with Crippen LogP contribution >= 0.6 is 7.82 Å². The van der Waals surface area contributed by atoms with Crippen molar-refractivity contribution in [3.8, 4) is 0 Å². The second kappa shape index (κ2) is 36.3. The van der Waals surface area contributed by atoms with E-state index in [2.05, 4.69) is 42.7 Å². The lowest BCUT2D eigenvalue weighted by atomic mass is 10.0. The van der Waals surface area contributed by atoms with Crippen molar-refractivity contribution in [1.82, 2.24) is 0 Å². The number of unbranched alkanes of at least 4 members (excludes halogenated alkanes) is 20. The van der Waals surface area contributed by atoms with E-state index in [1.165, 1.54) is 89.9 Å². The van der Waals surface area contributed by atoms with Crippen LogP contribution in [0.15, 0.2) is 24.3 Å². The Morgan fingerprint density at radius 3 is 1.59 bits per heavy atom. The molecule has 0 saturated heterocycles. The van der Waals surface area contributed by atoms with Crippen LogP contribution in [0.2, 0.25) is 0 Å².